The second kappa shape index (κ2) is 6.42. The summed E-state index contributed by atoms with van der Waals surface area (Å²) >= 11 is 10.6. The van der Waals surface area contributed by atoms with Gasteiger partial charge in [-0.15, -0.1) is 0 Å². The zero-order valence-corrected chi connectivity index (χ0v) is 15.4. The highest BCUT2D eigenvalue weighted by molar-refractivity contribution is 9.11. The summed E-state index contributed by atoms with van der Waals surface area (Å²) in [6, 6.07) is 12.8. The lowest BCUT2D eigenvalue weighted by atomic mass is 10.1. The molecule has 0 radical (unpaired) electrons. The van der Waals surface area contributed by atoms with Gasteiger partial charge in [0.1, 0.15) is 0 Å². The van der Waals surface area contributed by atoms with Crippen LogP contribution in [-0.4, -0.2) is 0 Å². The Morgan fingerprint density at radius 3 is 2.32 bits per heavy atom. The molecule has 0 aromatic heterocycles. The lowest BCUT2D eigenvalue weighted by Gasteiger charge is -2.18. The third kappa shape index (κ3) is 3.83. The molecule has 0 bridgehead atoms. The number of nitrogens with one attached hydrogen (secondary N) is 1. The van der Waals surface area contributed by atoms with E-state index < -0.39 is 0 Å². The van der Waals surface area contributed by atoms with Crippen molar-refractivity contribution < 1.29 is 0 Å². The van der Waals surface area contributed by atoms with Crippen LogP contribution in [0, 0.1) is 6.92 Å². The highest BCUT2D eigenvalue weighted by Gasteiger charge is 2.10. The van der Waals surface area contributed by atoms with Crippen LogP contribution in [0.3, 0.4) is 0 Å². The molecule has 2 aromatic carbocycles. The van der Waals surface area contributed by atoms with E-state index in [1.165, 1.54) is 11.1 Å². The Morgan fingerprint density at radius 2 is 1.68 bits per heavy atom. The van der Waals surface area contributed by atoms with E-state index in [2.05, 4.69) is 103 Å². The Kier molecular flexibility index (Phi) is 5.09. The van der Waals surface area contributed by atoms with E-state index in [-0.39, 0.29) is 6.04 Å². The molecule has 0 spiro atoms. The number of hydrogen-bond donors (Lipinski definition) is 1. The number of aryl methyl sites for hydroxylation is 1. The molecule has 1 N–H and O–H groups in total. The molecule has 4 heteroatoms. The van der Waals surface area contributed by atoms with Gasteiger partial charge in [0.25, 0.3) is 0 Å². The van der Waals surface area contributed by atoms with Gasteiger partial charge in [0.2, 0.25) is 0 Å². The predicted octanol–water partition coefficient (Wildman–Crippen LogP) is 6.46. The molecule has 0 aliphatic heterocycles. The van der Waals surface area contributed by atoms with Gasteiger partial charge < -0.3 is 5.32 Å². The first kappa shape index (κ1) is 15.1. The molecule has 1 unspecified atom stereocenters. The van der Waals surface area contributed by atoms with Crippen LogP contribution < -0.4 is 5.32 Å². The Balaban J connectivity index is 2.20. The second-order valence-electron chi connectivity index (χ2n) is 4.50. The van der Waals surface area contributed by atoms with Crippen molar-refractivity contribution in [3.8, 4) is 0 Å². The molecule has 0 saturated carbocycles. The Morgan fingerprint density at radius 1 is 0.947 bits per heavy atom. The predicted molar refractivity (Wildman–Crippen MR) is 92.8 cm³/mol. The van der Waals surface area contributed by atoms with Gasteiger partial charge in [0.15, 0.2) is 0 Å². The molecule has 0 aliphatic carbocycles. The van der Waals surface area contributed by atoms with Crippen LogP contribution >= 0.6 is 47.8 Å². The van der Waals surface area contributed by atoms with Gasteiger partial charge in [-0.2, -0.15) is 0 Å². The number of anilines is 1. The molecule has 1 nitrogen and oxygen atoms in total. The first-order valence-electron chi connectivity index (χ1n) is 5.95. The average molecular weight is 448 g/mol. The fourth-order valence-corrected chi connectivity index (χ4v) is 3.63. The number of rotatable bonds is 3. The van der Waals surface area contributed by atoms with Crippen LogP contribution in [0.1, 0.15) is 24.1 Å². The minimum absolute atomic E-state index is 0.233. The van der Waals surface area contributed by atoms with Crippen LogP contribution in [0.15, 0.2) is 49.8 Å². The lowest BCUT2D eigenvalue weighted by Crippen LogP contribution is -2.07. The standard InChI is InChI=1S/C15H14Br3N/c1-9-3-5-12(8-14(9)17)19-10(2)13-6-4-11(16)7-15(13)18/h3-8,10,19H,1-2H3. The van der Waals surface area contributed by atoms with Gasteiger partial charge in [-0.25, -0.2) is 0 Å². The van der Waals surface area contributed by atoms with E-state index in [0.717, 1.165) is 19.1 Å². The fraction of sp³-hybridized carbons (Fsp3) is 0.200. The van der Waals surface area contributed by atoms with Gasteiger partial charge >= 0.3 is 0 Å². The summed E-state index contributed by atoms with van der Waals surface area (Å²) in [5.41, 5.74) is 3.59. The monoisotopic (exact) mass is 445 g/mol. The average Bonchev–Trinajstić information content (AvgIpc) is 2.33. The van der Waals surface area contributed by atoms with Crippen molar-refractivity contribution in [2.24, 2.45) is 0 Å². The van der Waals surface area contributed by atoms with Crippen molar-refractivity contribution in [1.29, 1.82) is 0 Å². The smallest absolute Gasteiger partial charge is 0.0496 e. The molecule has 1 atom stereocenters. The third-order valence-corrected chi connectivity index (χ3v) is 5.02. The minimum atomic E-state index is 0.233. The summed E-state index contributed by atoms with van der Waals surface area (Å²) in [6.45, 7) is 4.24. The summed E-state index contributed by atoms with van der Waals surface area (Å²) in [4.78, 5) is 0. The van der Waals surface area contributed by atoms with E-state index >= 15 is 0 Å². The van der Waals surface area contributed by atoms with Crippen LogP contribution in [0.2, 0.25) is 0 Å². The lowest BCUT2D eigenvalue weighted by molar-refractivity contribution is 0.878. The van der Waals surface area contributed by atoms with Crippen molar-refractivity contribution in [3.05, 3.63) is 60.9 Å². The van der Waals surface area contributed by atoms with Crippen LogP contribution in [0.25, 0.3) is 0 Å². The number of halogens is 3. The molecule has 100 valence electrons. The fourth-order valence-electron chi connectivity index (χ4n) is 1.86. The molecule has 0 fully saturated rings. The highest BCUT2D eigenvalue weighted by Crippen LogP contribution is 2.30. The van der Waals surface area contributed by atoms with Gasteiger partial charge in [-0.1, -0.05) is 59.9 Å². The highest BCUT2D eigenvalue weighted by atomic mass is 79.9. The van der Waals surface area contributed by atoms with E-state index in [0.29, 0.717) is 0 Å². The zero-order valence-electron chi connectivity index (χ0n) is 10.7. The van der Waals surface area contributed by atoms with Gasteiger partial charge in [-0.05, 0) is 49.2 Å². The molecule has 2 aromatic rings. The third-order valence-electron chi connectivity index (χ3n) is 2.98. The Labute approximate surface area is 139 Å². The van der Waals surface area contributed by atoms with Crippen LogP contribution in [0.4, 0.5) is 5.69 Å². The summed E-state index contributed by atoms with van der Waals surface area (Å²) < 4.78 is 3.31. The van der Waals surface area contributed by atoms with Crippen molar-refractivity contribution in [3.63, 3.8) is 0 Å². The maximum atomic E-state index is 3.61. The maximum Gasteiger partial charge on any atom is 0.0496 e. The maximum absolute atomic E-state index is 3.61. The van der Waals surface area contributed by atoms with Crippen molar-refractivity contribution >= 4 is 53.5 Å². The van der Waals surface area contributed by atoms with Gasteiger partial charge in [0.05, 0.1) is 0 Å². The van der Waals surface area contributed by atoms with E-state index in [1.54, 1.807) is 0 Å². The SMILES string of the molecule is Cc1ccc(NC(C)c2ccc(Br)cc2Br)cc1Br. The van der Waals surface area contributed by atoms with Crippen LogP contribution in [0.5, 0.6) is 0 Å². The normalized spacial score (nSPS) is 12.3. The molecule has 19 heavy (non-hydrogen) atoms. The Hall–Kier alpha value is -0.320. The quantitative estimate of drug-likeness (QED) is 0.569. The molecule has 0 aliphatic rings. The first-order chi connectivity index (χ1) is 8.97. The summed E-state index contributed by atoms with van der Waals surface area (Å²) in [5, 5.41) is 3.51. The molecule has 2 rings (SSSR count). The topological polar surface area (TPSA) is 12.0 Å². The van der Waals surface area contributed by atoms with Crippen molar-refractivity contribution in [2.75, 3.05) is 5.32 Å². The largest absolute Gasteiger partial charge is 0.378 e. The Bertz CT molecular complexity index is 596. The van der Waals surface area contributed by atoms with Gasteiger partial charge in [-0.3, -0.25) is 0 Å². The second-order valence-corrected chi connectivity index (χ2v) is 7.12. The molecule has 0 amide bonds. The first-order valence-corrected chi connectivity index (χ1v) is 8.33. The van der Waals surface area contributed by atoms with Crippen molar-refractivity contribution in [2.45, 2.75) is 19.9 Å². The minimum Gasteiger partial charge on any atom is -0.378 e. The molecular weight excluding hydrogens is 434 g/mol. The number of hydrogen-bond acceptors (Lipinski definition) is 1. The van der Waals surface area contributed by atoms with Crippen LogP contribution in [-0.2, 0) is 0 Å². The molecule has 0 saturated heterocycles. The number of benzene rings is 2. The summed E-state index contributed by atoms with van der Waals surface area (Å²) in [6.07, 6.45) is 0. The summed E-state index contributed by atoms with van der Waals surface area (Å²) in [7, 11) is 0. The van der Waals surface area contributed by atoms with E-state index in [4.69, 9.17) is 0 Å². The van der Waals surface area contributed by atoms with E-state index in [1.807, 2.05) is 0 Å². The zero-order chi connectivity index (χ0) is 14.0. The summed E-state index contributed by atoms with van der Waals surface area (Å²) in [5.74, 6) is 0. The molecular formula is C15H14Br3N. The molecule has 0 heterocycles. The van der Waals surface area contributed by atoms with E-state index in [9.17, 15) is 0 Å². The van der Waals surface area contributed by atoms with Crippen molar-refractivity contribution in [1.82, 2.24) is 0 Å². The van der Waals surface area contributed by atoms with Gasteiger partial charge in [0, 0.05) is 25.1 Å².